The van der Waals surface area contributed by atoms with Crippen LogP contribution in [0.1, 0.15) is 44.6 Å². The molecule has 2 fully saturated rings. The summed E-state index contributed by atoms with van der Waals surface area (Å²) in [4.78, 5) is 15.9. The van der Waals surface area contributed by atoms with E-state index in [1.807, 2.05) is 4.90 Å². The molecular formula is C13H20N4O. The van der Waals surface area contributed by atoms with Gasteiger partial charge in [0.1, 0.15) is 0 Å². The standard InChI is InChI=1S/C13H20N4O/c18-13(9-11-3-1-2-4-11)16-8-5-12(10-16)17-14-6-7-15-17/h6-7,11-12H,1-5,8-10H2/t12-/m0/s1. The number of rotatable bonds is 3. The van der Waals surface area contributed by atoms with Crippen LogP contribution in [0.3, 0.4) is 0 Å². The summed E-state index contributed by atoms with van der Waals surface area (Å²) in [6.07, 6.45) is 10.2. The number of nitrogens with zero attached hydrogens (tertiary/aromatic N) is 4. The normalized spacial score (nSPS) is 24.9. The van der Waals surface area contributed by atoms with Crippen molar-refractivity contribution in [2.24, 2.45) is 5.92 Å². The summed E-state index contributed by atoms with van der Waals surface area (Å²) in [6, 6.07) is 0.271. The van der Waals surface area contributed by atoms with Gasteiger partial charge in [-0.2, -0.15) is 15.0 Å². The van der Waals surface area contributed by atoms with E-state index in [1.165, 1.54) is 25.7 Å². The molecule has 1 atom stereocenters. The number of carbonyl (C=O) groups excluding carboxylic acids is 1. The second-order valence-electron chi connectivity index (χ2n) is 5.49. The molecule has 1 aliphatic heterocycles. The molecule has 5 nitrogen and oxygen atoms in total. The Kier molecular flexibility index (Phi) is 3.30. The third-order valence-electron chi connectivity index (χ3n) is 4.22. The Morgan fingerprint density at radius 2 is 1.89 bits per heavy atom. The van der Waals surface area contributed by atoms with Crippen molar-refractivity contribution in [2.75, 3.05) is 13.1 Å². The van der Waals surface area contributed by atoms with Crippen LogP contribution in [0.25, 0.3) is 0 Å². The zero-order valence-corrected chi connectivity index (χ0v) is 10.7. The number of hydrogen-bond acceptors (Lipinski definition) is 3. The maximum absolute atomic E-state index is 12.2. The van der Waals surface area contributed by atoms with Gasteiger partial charge in [-0.05, 0) is 25.2 Å². The molecule has 1 saturated heterocycles. The second-order valence-corrected chi connectivity index (χ2v) is 5.49. The van der Waals surface area contributed by atoms with Crippen LogP contribution in [0, 0.1) is 5.92 Å². The predicted octanol–water partition coefficient (Wildman–Crippen LogP) is 1.63. The van der Waals surface area contributed by atoms with Gasteiger partial charge >= 0.3 is 0 Å². The lowest BCUT2D eigenvalue weighted by Gasteiger charge is -2.18. The van der Waals surface area contributed by atoms with Crippen molar-refractivity contribution in [3.05, 3.63) is 12.4 Å². The Balaban J connectivity index is 1.53. The lowest BCUT2D eigenvalue weighted by atomic mass is 10.0. The van der Waals surface area contributed by atoms with Gasteiger partial charge in [-0.15, -0.1) is 0 Å². The minimum Gasteiger partial charge on any atom is -0.340 e. The highest BCUT2D eigenvalue weighted by Gasteiger charge is 2.30. The van der Waals surface area contributed by atoms with Gasteiger partial charge in [0.2, 0.25) is 5.91 Å². The fourth-order valence-corrected chi connectivity index (χ4v) is 3.16. The second kappa shape index (κ2) is 5.08. The van der Waals surface area contributed by atoms with Gasteiger partial charge in [0.05, 0.1) is 18.4 Å². The molecule has 1 aliphatic carbocycles. The molecule has 1 saturated carbocycles. The van der Waals surface area contributed by atoms with Gasteiger partial charge in [-0.1, -0.05) is 12.8 Å². The van der Waals surface area contributed by atoms with E-state index in [-0.39, 0.29) is 6.04 Å². The molecule has 0 radical (unpaired) electrons. The monoisotopic (exact) mass is 248 g/mol. The Labute approximate surface area is 107 Å². The average Bonchev–Trinajstić information content (AvgIpc) is 3.11. The largest absolute Gasteiger partial charge is 0.340 e. The zero-order chi connectivity index (χ0) is 12.4. The van der Waals surface area contributed by atoms with Gasteiger partial charge in [-0.3, -0.25) is 4.79 Å². The molecule has 3 rings (SSSR count). The fraction of sp³-hybridized carbons (Fsp3) is 0.769. The number of amides is 1. The molecule has 18 heavy (non-hydrogen) atoms. The van der Waals surface area contributed by atoms with E-state index >= 15 is 0 Å². The molecule has 0 unspecified atom stereocenters. The van der Waals surface area contributed by atoms with E-state index in [0.717, 1.165) is 25.9 Å². The van der Waals surface area contributed by atoms with E-state index in [4.69, 9.17) is 0 Å². The number of aromatic nitrogens is 3. The van der Waals surface area contributed by atoms with Crippen molar-refractivity contribution in [3.8, 4) is 0 Å². The highest BCUT2D eigenvalue weighted by molar-refractivity contribution is 5.76. The minimum atomic E-state index is 0.271. The maximum atomic E-state index is 12.2. The van der Waals surface area contributed by atoms with E-state index in [9.17, 15) is 4.79 Å². The minimum absolute atomic E-state index is 0.271. The van der Waals surface area contributed by atoms with E-state index in [1.54, 1.807) is 17.2 Å². The lowest BCUT2D eigenvalue weighted by molar-refractivity contribution is -0.131. The van der Waals surface area contributed by atoms with Crippen molar-refractivity contribution >= 4 is 5.91 Å². The van der Waals surface area contributed by atoms with E-state index in [0.29, 0.717) is 11.8 Å². The molecule has 0 spiro atoms. The Morgan fingerprint density at radius 3 is 2.61 bits per heavy atom. The van der Waals surface area contributed by atoms with Gasteiger partial charge < -0.3 is 4.90 Å². The van der Waals surface area contributed by atoms with Crippen LogP contribution in [-0.4, -0.2) is 38.9 Å². The molecule has 1 amide bonds. The SMILES string of the molecule is O=C(CC1CCCC1)N1CC[C@H](n2nccn2)C1. The average molecular weight is 248 g/mol. The van der Waals surface area contributed by atoms with Crippen LogP contribution in [0.15, 0.2) is 12.4 Å². The molecule has 2 aliphatic rings. The van der Waals surface area contributed by atoms with Crippen molar-refractivity contribution in [1.82, 2.24) is 19.9 Å². The first-order valence-corrected chi connectivity index (χ1v) is 6.96. The summed E-state index contributed by atoms with van der Waals surface area (Å²) in [5.41, 5.74) is 0. The number of likely N-dealkylation sites (tertiary alicyclic amines) is 1. The summed E-state index contributed by atoms with van der Waals surface area (Å²) in [7, 11) is 0. The molecule has 1 aromatic heterocycles. The number of carbonyl (C=O) groups is 1. The molecular weight excluding hydrogens is 228 g/mol. The maximum Gasteiger partial charge on any atom is 0.222 e. The summed E-state index contributed by atoms with van der Waals surface area (Å²) in [5, 5.41) is 8.33. The quantitative estimate of drug-likeness (QED) is 0.817. The number of hydrogen-bond donors (Lipinski definition) is 0. The predicted molar refractivity (Wildman–Crippen MR) is 66.8 cm³/mol. The summed E-state index contributed by atoms with van der Waals surface area (Å²) in [6.45, 7) is 1.64. The first-order valence-electron chi connectivity index (χ1n) is 6.96. The van der Waals surface area contributed by atoms with Crippen LogP contribution in [-0.2, 0) is 4.79 Å². The highest BCUT2D eigenvalue weighted by Crippen LogP contribution is 2.29. The van der Waals surface area contributed by atoms with Crippen molar-refractivity contribution in [1.29, 1.82) is 0 Å². The molecule has 0 N–H and O–H groups in total. The lowest BCUT2D eigenvalue weighted by Crippen LogP contribution is -2.30. The van der Waals surface area contributed by atoms with Gasteiger partial charge in [0, 0.05) is 19.5 Å². The van der Waals surface area contributed by atoms with Crippen LogP contribution in [0.2, 0.25) is 0 Å². The Bertz CT molecular complexity index is 397. The highest BCUT2D eigenvalue weighted by atomic mass is 16.2. The molecule has 5 heteroatoms. The van der Waals surface area contributed by atoms with Crippen LogP contribution >= 0.6 is 0 Å². The summed E-state index contributed by atoms with van der Waals surface area (Å²) in [5.74, 6) is 0.968. The Morgan fingerprint density at radius 1 is 1.17 bits per heavy atom. The van der Waals surface area contributed by atoms with Gasteiger partial charge in [0.15, 0.2) is 0 Å². The zero-order valence-electron chi connectivity index (χ0n) is 10.7. The first-order chi connectivity index (χ1) is 8.83. The third-order valence-corrected chi connectivity index (χ3v) is 4.22. The molecule has 0 bridgehead atoms. The molecule has 98 valence electrons. The van der Waals surface area contributed by atoms with E-state index in [2.05, 4.69) is 10.2 Å². The topological polar surface area (TPSA) is 51.0 Å². The van der Waals surface area contributed by atoms with E-state index < -0.39 is 0 Å². The van der Waals surface area contributed by atoms with Crippen LogP contribution in [0.4, 0.5) is 0 Å². The van der Waals surface area contributed by atoms with Crippen LogP contribution < -0.4 is 0 Å². The van der Waals surface area contributed by atoms with Crippen LogP contribution in [0.5, 0.6) is 0 Å². The fourth-order valence-electron chi connectivity index (χ4n) is 3.16. The molecule has 0 aromatic carbocycles. The molecule has 2 heterocycles. The van der Waals surface area contributed by atoms with Crippen molar-refractivity contribution < 1.29 is 4.79 Å². The smallest absolute Gasteiger partial charge is 0.222 e. The first kappa shape index (κ1) is 11.7. The Hall–Kier alpha value is -1.39. The molecule has 1 aromatic rings. The summed E-state index contributed by atoms with van der Waals surface area (Å²) >= 11 is 0. The van der Waals surface area contributed by atoms with Gasteiger partial charge in [-0.25, -0.2) is 0 Å². The van der Waals surface area contributed by atoms with Gasteiger partial charge in [0.25, 0.3) is 0 Å². The summed E-state index contributed by atoms with van der Waals surface area (Å²) < 4.78 is 0. The van der Waals surface area contributed by atoms with Crippen molar-refractivity contribution in [3.63, 3.8) is 0 Å². The van der Waals surface area contributed by atoms with Crippen molar-refractivity contribution in [2.45, 2.75) is 44.6 Å². The third kappa shape index (κ3) is 2.40.